The number of benzene rings is 1. The van der Waals surface area contributed by atoms with Gasteiger partial charge in [-0.2, -0.15) is 0 Å². The monoisotopic (exact) mass is 160 g/mol. The van der Waals surface area contributed by atoms with E-state index in [4.69, 9.17) is 0 Å². The third-order valence-corrected chi connectivity index (χ3v) is 1.94. The normalized spacial score (nSPS) is 9.25. The Morgan fingerprint density at radius 2 is 1.67 bits per heavy atom. The van der Waals surface area contributed by atoms with Gasteiger partial charge >= 0.3 is 0 Å². The smallest absolute Gasteiger partial charge is 0.125 e. The second-order valence-corrected chi connectivity index (χ2v) is 3.07. The standard InChI is InChI=1S/C11H12O/c1-8-6-9(2)11(4-5-12)10(3)7-8/h4,6-7H,1-3H3. The van der Waals surface area contributed by atoms with Gasteiger partial charge in [0.05, 0.1) is 0 Å². The maximum Gasteiger partial charge on any atom is 0.125 e. The van der Waals surface area contributed by atoms with Crippen molar-refractivity contribution in [3.63, 3.8) is 0 Å². The number of carbonyl (C=O) groups excluding carboxylic acids is 1. The van der Waals surface area contributed by atoms with Crippen LogP contribution in [0.25, 0.3) is 6.08 Å². The van der Waals surface area contributed by atoms with Crippen LogP contribution in [0, 0.1) is 20.8 Å². The van der Waals surface area contributed by atoms with Crippen molar-refractivity contribution in [2.24, 2.45) is 0 Å². The fraction of sp³-hybridized carbons (Fsp3) is 0.273. The molecular formula is C11H12O. The lowest BCUT2D eigenvalue weighted by Gasteiger charge is -2.04. The summed E-state index contributed by atoms with van der Waals surface area (Å²) in [4.78, 5) is 10.2. The highest BCUT2D eigenvalue weighted by Crippen LogP contribution is 2.16. The summed E-state index contributed by atoms with van der Waals surface area (Å²) in [7, 11) is 0. The summed E-state index contributed by atoms with van der Waals surface area (Å²) in [5.41, 5.74) is 4.50. The molecule has 0 aromatic heterocycles. The van der Waals surface area contributed by atoms with Crippen molar-refractivity contribution in [3.05, 3.63) is 34.4 Å². The van der Waals surface area contributed by atoms with Crippen molar-refractivity contribution in [1.29, 1.82) is 0 Å². The van der Waals surface area contributed by atoms with Crippen LogP contribution in [-0.2, 0) is 4.79 Å². The molecule has 1 aromatic carbocycles. The molecule has 12 heavy (non-hydrogen) atoms. The molecule has 0 atom stereocenters. The summed E-state index contributed by atoms with van der Waals surface area (Å²) in [6.07, 6.45) is 1.49. The van der Waals surface area contributed by atoms with E-state index in [1.807, 2.05) is 19.8 Å². The quantitative estimate of drug-likeness (QED) is 0.577. The van der Waals surface area contributed by atoms with Crippen molar-refractivity contribution in [3.8, 4) is 0 Å². The summed E-state index contributed by atoms with van der Waals surface area (Å²) in [5, 5.41) is 0. The summed E-state index contributed by atoms with van der Waals surface area (Å²) < 4.78 is 0. The first-order chi connectivity index (χ1) is 5.65. The zero-order chi connectivity index (χ0) is 9.14. The van der Waals surface area contributed by atoms with Crippen LogP contribution in [0.3, 0.4) is 0 Å². The predicted molar refractivity (Wildman–Crippen MR) is 50.8 cm³/mol. The van der Waals surface area contributed by atoms with Crippen molar-refractivity contribution >= 4 is 12.0 Å². The predicted octanol–water partition coefficient (Wildman–Crippen LogP) is 2.46. The Labute approximate surface area is 72.7 Å². The van der Waals surface area contributed by atoms with Crippen LogP contribution in [0.1, 0.15) is 22.3 Å². The van der Waals surface area contributed by atoms with Crippen LogP contribution in [0.15, 0.2) is 12.1 Å². The van der Waals surface area contributed by atoms with Crippen LogP contribution in [0.2, 0.25) is 0 Å². The molecule has 0 saturated carbocycles. The van der Waals surface area contributed by atoms with E-state index in [0.717, 1.165) is 16.7 Å². The van der Waals surface area contributed by atoms with Crippen LogP contribution in [0.5, 0.6) is 0 Å². The molecule has 0 aliphatic heterocycles. The highest BCUT2D eigenvalue weighted by atomic mass is 16.1. The van der Waals surface area contributed by atoms with Crippen LogP contribution >= 0.6 is 0 Å². The van der Waals surface area contributed by atoms with Crippen LogP contribution < -0.4 is 0 Å². The van der Waals surface area contributed by atoms with E-state index < -0.39 is 0 Å². The molecule has 62 valence electrons. The molecular weight excluding hydrogens is 148 g/mol. The van der Waals surface area contributed by atoms with Gasteiger partial charge in [-0.15, -0.1) is 0 Å². The average molecular weight is 160 g/mol. The molecule has 0 amide bonds. The van der Waals surface area contributed by atoms with E-state index in [2.05, 4.69) is 19.1 Å². The minimum Gasteiger partial charge on any atom is -0.233 e. The van der Waals surface area contributed by atoms with Gasteiger partial charge in [-0.05, 0) is 37.5 Å². The molecule has 1 nitrogen and oxygen atoms in total. The van der Waals surface area contributed by atoms with Crippen molar-refractivity contribution in [2.75, 3.05) is 0 Å². The molecule has 1 rings (SSSR count). The first-order valence-electron chi connectivity index (χ1n) is 3.94. The van der Waals surface area contributed by atoms with E-state index in [-0.39, 0.29) is 0 Å². The second-order valence-electron chi connectivity index (χ2n) is 3.07. The molecule has 1 aromatic rings. The van der Waals surface area contributed by atoms with Gasteiger partial charge in [0.1, 0.15) is 5.94 Å². The van der Waals surface area contributed by atoms with Gasteiger partial charge in [0, 0.05) is 6.08 Å². The largest absolute Gasteiger partial charge is 0.233 e. The Bertz CT molecular complexity index is 321. The van der Waals surface area contributed by atoms with E-state index in [9.17, 15) is 4.79 Å². The SMILES string of the molecule is Cc1cc(C)c(C=C=O)c(C)c1. The number of hydrogen-bond donors (Lipinski definition) is 0. The number of aryl methyl sites for hydroxylation is 3. The molecule has 0 heterocycles. The molecule has 0 fully saturated rings. The zero-order valence-electron chi connectivity index (χ0n) is 7.64. The van der Waals surface area contributed by atoms with Gasteiger partial charge in [0.2, 0.25) is 0 Å². The first-order valence-corrected chi connectivity index (χ1v) is 3.94. The number of hydrogen-bond acceptors (Lipinski definition) is 1. The van der Waals surface area contributed by atoms with Crippen molar-refractivity contribution < 1.29 is 4.79 Å². The molecule has 0 spiro atoms. The zero-order valence-corrected chi connectivity index (χ0v) is 7.64. The van der Waals surface area contributed by atoms with Gasteiger partial charge in [0.15, 0.2) is 0 Å². The Morgan fingerprint density at radius 1 is 1.17 bits per heavy atom. The number of rotatable bonds is 1. The molecule has 0 N–H and O–H groups in total. The second kappa shape index (κ2) is 3.38. The topological polar surface area (TPSA) is 17.1 Å². The molecule has 0 bridgehead atoms. The lowest BCUT2D eigenvalue weighted by molar-refractivity contribution is 0.570. The Morgan fingerprint density at radius 3 is 2.08 bits per heavy atom. The molecule has 0 unspecified atom stereocenters. The lowest BCUT2D eigenvalue weighted by Crippen LogP contribution is -1.88. The minimum atomic E-state index is 0.996. The van der Waals surface area contributed by atoms with Crippen molar-refractivity contribution in [1.82, 2.24) is 0 Å². The fourth-order valence-electron chi connectivity index (χ4n) is 1.48. The summed E-state index contributed by atoms with van der Waals surface area (Å²) >= 11 is 0. The van der Waals surface area contributed by atoms with Crippen molar-refractivity contribution in [2.45, 2.75) is 20.8 Å². The van der Waals surface area contributed by atoms with Gasteiger partial charge < -0.3 is 0 Å². The maximum absolute atomic E-state index is 10.2. The maximum atomic E-state index is 10.2. The molecule has 0 aliphatic rings. The third kappa shape index (κ3) is 1.63. The highest BCUT2D eigenvalue weighted by molar-refractivity contribution is 5.77. The Hall–Kier alpha value is -1.33. The molecule has 0 aliphatic carbocycles. The van der Waals surface area contributed by atoms with Crippen LogP contribution in [0.4, 0.5) is 0 Å². The Balaban J connectivity index is 3.37. The minimum absolute atomic E-state index is 0.996. The summed E-state index contributed by atoms with van der Waals surface area (Å²) in [6, 6.07) is 4.13. The first kappa shape index (κ1) is 8.76. The van der Waals surface area contributed by atoms with Gasteiger partial charge in [0.25, 0.3) is 0 Å². The fourth-order valence-corrected chi connectivity index (χ4v) is 1.48. The van der Waals surface area contributed by atoms with Crippen LogP contribution in [-0.4, -0.2) is 5.94 Å². The Kier molecular flexibility index (Phi) is 2.47. The molecule has 1 heteroatoms. The third-order valence-electron chi connectivity index (χ3n) is 1.94. The van der Waals surface area contributed by atoms with E-state index in [1.54, 1.807) is 0 Å². The lowest BCUT2D eigenvalue weighted by atomic mass is 10.0. The molecule has 0 saturated heterocycles. The van der Waals surface area contributed by atoms with Gasteiger partial charge in [-0.1, -0.05) is 17.7 Å². The average Bonchev–Trinajstić information content (AvgIpc) is 1.96. The van der Waals surface area contributed by atoms with E-state index in [0.29, 0.717) is 0 Å². The summed E-state index contributed by atoms with van der Waals surface area (Å²) in [6.45, 7) is 6.06. The van der Waals surface area contributed by atoms with Gasteiger partial charge in [-0.3, -0.25) is 0 Å². The highest BCUT2D eigenvalue weighted by Gasteiger charge is 1.99. The van der Waals surface area contributed by atoms with E-state index in [1.165, 1.54) is 11.6 Å². The van der Waals surface area contributed by atoms with Gasteiger partial charge in [-0.25, -0.2) is 4.79 Å². The summed E-state index contributed by atoms with van der Waals surface area (Å²) in [5.74, 6) is 1.81. The van der Waals surface area contributed by atoms with E-state index >= 15 is 0 Å². The molecule has 0 radical (unpaired) electrons.